The number of carbonyl (C=O) groups is 1. The number of rotatable bonds is 9. The predicted octanol–water partition coefficient (Wildman–Crippen LogP) is 2.87. The Morgan fingerprint density at radius 2 is 1.82 bits per heavy atom. The van der Waals surface area contributed by atoms with Gasteiger partial charge in [0.25, 0.3) is 5.91 Å². The molecule has 0 aliphatic carbocycles. The number of amides is 1. The second kappa shape index (κ2) is 9.20. The summed E-state index contributed by atoms with van der Waals surface area (Å²) in [6.07, 6.45) is 3.90. The molecule has 0 aliphatic rings. The van der Waals surface area contributed by atoms with Gasteiger partial charge >= 0.3 is 0 Å². The minimum absolute atomic E-state index is 0.436. The number of benzene rings is 1. The Morgan fingerprint density at radius 3 is 2.32 bits per heavy atom. The van der Waals surface area contributed by atoms with E-state index in [0.29, 0.717) is 19.4 Å². The maximum Gasteiger partial charge on any atom is 0.271 e. The van der Waals surface area contributed by atoms with Gasteiger partial charge in [-0.05, 0) is 49.6 Å². The molecule has 0 fully saturated rings. The molecule has 1 amide bonds. The molecule has 1 rings (SSSR count). The quantitative estimate of drug-likeness (QED) is 0.544. The molecular formula is C17H26N2O3. The lowest BCUT2D eigenvalue weighted by molar-refractivity contribution is -0.141. The number of carbonyl (C=O) groups excluding carboxylic acids is 1. The number of nitrogens with zero attached hydrogens (tertiary/aromatic N) is 1. The molecule has 0 saturated carbocycles. The van der Waals surface area contributed by atoms with E-state index in [9.17, 15) is 9.90 Å². The fraction of sp³-hybridized carbons (Fsp3) is 0.529. The summed E-state index contributed by atoms with van der Waals surface area (Å²) in [6.45, 7) is 6.43. The normalized spacial score (nSPS) is 11.6. The summed E-state index contributed by atoms with van der Waals surface area (Å²) in [5.41, 5.74) is 1.94. The first-order valence-electron chi connectivity index (χ1n) is 7.84. The summed E-state index contributed by atoms with van der Waals surface area (Å²) < 4.78 is 5.35. The number of aliphatic hydroxyl groups is 1. The molecule has 122 valence electrons. The highest BCUT2D eigenvalue weighted by Crippen LogP contribution is 2.19. The van der Waals surface area contributed by atoms with Crippen molar-refractivity contribution in [3.05, 3.63) is 29.8 Å². The zero-order chi connectivity index (χ0) is 16.4. The standard InChI is InChI=1S/C17H26N2O3/c1-4-11-17(21,12-5-2)16(20)19-18-13-14-7-9-15(10-8-14)22-6-3/h7-10,13,21H,4-6,11-12H2,1-3H3,(H,19,20)/b18-13-. The first-order chi connectivity index (χ1) is 10.6. The molecule has 22 heavy (non-hydrogen) atoms. The van der Waals surface area contributed by atoms with E-state index in [0.717, 1.165) is 24.2 Å². The van der Waals surface area contributed by atoms with Crippen LogP contribution < -0.4 is 10.2 Å². The summed E-state index contributed by atoms with van der Waals surface area (Å²) >= 11 is 0. The van der Waals surface area contributed by atoms with Crippen LogP contribution in [0.3, 0.4) is 0 Å². The van der Waals surface area contributed by atoms with Gasteiger partial charge in [-0.25, -0.2) is 5.43 Å². The van der Waals surface area contributed by atoms with Gasteiger partial charge in [-0.15, -0.1) is 0 Å². The maximum atomic E-state index is 12.1. The van der Waals surface area contributed by atoms with Crippen LogP contribution in [0.4, 0.5) is 0 Å². The summed E-state index contributed by atoms with van der Waals surface area (Å²) in [5, 5.41) is 14.3. The second-order valence-corrected chi connectivity index (χ2v) is 5.23. The van der Waals surface area contributed by atoms with E-state index in [4.69, 9.17) is 4.74 Å². The van der Waals surface area contributed by atoms with Gasteiger partial charge < -0.3 is 9.84 Å². The average Bonchev–Trinajstić information content (AvgIpc) is 2.49. The summed E-state index contributed by atoms with van der Waals surface area (Å²) in [4.78, 5) is 12.1. The van der Waals surface area contributed by atoms with Gasteiger partial charge in [0.05, 0.1) is 12.8 Å². The molecule has 0 radical (unpaired) electrons. The minimum Gasteiger partial charge on any atom is -0.494 e. The van der Waals surface area contributed by atoms with Crippen molar-refractivity contribution in [1.29, 1.82) is 0 Å². The SMILES string of the molecule is CCCC(O)(CCC)C(=O)N/N=C\c1ccc(OCC)cc1. The second-order valence-electron chi connectivity index (χ2n) is 5.23. The van der Waals surface area contributed by atoms with Crippen LogP contribution in [0.2, 0.25) is 0 Å². The fourth-order valence-electron chi connectivity index (χ4n) is 2.27. The Bertz CT molecular complexity index is 477. The van der Waals surface area contributed by atoms with Crippen LogP contribution in [0.1, 0.15) is 52.0 Å². The lowest BCUT2D eigenvalue weighted by Gasteiger charge is -2.24. The highest BCUT2D eigenvalue weighted by atomic mass is 16.5. The van der Waals surface area contributed by atoms with Crippen molar-refractivity contribution in [2.45, 2.75) is 52.1 Å². The van der Waals surface area contributed by atoms with E-state index in [1.165, 1.54) is 0 Å². The van der Waals surface area contributed by atoms with Crippen molar-refractivity contribution in [3.8, 4) is 5.75 Å². The maximum absolute atomic E-state index is 12.1. The molecular weight excluding hydrogens is 280 g/mol. The molecule has 1 aromatic carbocycles. The van der Waals surface area contributed by atoms with Crippen molar-refractivity contribution in [3.63, 3.8) is 0 Å². The van der Waals surface area contributed by atoms with E-state index >= 15 is 0 Å². The van der Waals surface area contributed by atoms with Crippen molar-refractivity contribution in [2.24, 2.45) is 5.10 Å². The van der Waals surface area contributed by atoms with Crippen molar-refractivity contribution < 1.29 is 14.6 Å². The first-order valence-corrected chi connectivity index (χ1v) is 7.84. The molecule has 0 bridgehead atoms. The Labute approximate surface area is 132 Å². The van der Waals surface area contributed by atoms with E-state index in [1.54, 1.807) is 6.21 Å². The minimum atomic E-state index is -1.33. The molecule has 0 aliphatic heterocycles. The first kappa shape index (κ1) is 18.2. The van der Waals surface area contributed by atoms with Gasteiger partial charge in [0.2, 0.25) is 0 Å². The topological polar surface area (TPSA) is 70.9 Å². The van der Waals surface area contributed by atoms with Crippen LogP contribution >= 0.6 is 0 Å². The van der Waals surface area contributed by atoms with Gasteiger partial charge in [0, 0.05) is 0 Å². The van der Waals surface area contributed by atoms with Crippen LogP contribution in [-0.2, 0) is 4.79 Å². The third-order valence-corrected chi connectivity index (χ3v) is 3.32. The number of nitrogens with one attached hydrogen (secondary N) is 1. The third-order valence-electron chi connectivity index (χ3n) is 3.32. The molecule has 0 spiro atoms. The zero-order valence-corrected chi connectivity index (χ0v) is 13.6. The van der Waals surface area contributed by atoms with Gasteiger partial charge in [-0.2, -0.15) is 5.10 Å². The van der Waals surface area contributed by atoms with E-state index in [2.05, 4.69) is 10.5 Å². The molecule has 0 saturated heterocycles. The Kier molecular flexibility index (Phi) is 7.60. The largest absolute Gasteiger partial charge is 0.494 e. The number of hydrogen-bond donors (Lipinski definition) is 2. The molecule has 2 N–H and O–H groups in total. The fourth-order valence-corrected chi connectivity index (χ4v) is 2.27. The lowest BCUT2D eigenvalue weighted by atomic mass is 9.92. The smallest absolute Gasteiger partial charge is 0.271 e. The van der Waals surface area contributed by atoms with Crippen LogP contribution in [0.5, 0.6) is 5.75 Å². The molecule has 0 unspecified atom stereocenters. The Morgan fingerprint density at radius 1 is 1.23 bits per heavy atom. The number of ether oxygens (including phenoxy) is 1. The number of hydrogen-bond acceptors (Lipinski definition) is 4. The van der Waals surface area contributed by atoms with Gasteiger partial charge in [-0.1, -0.05) is 26.7 Å². The highest BCUT2D eigenvalue weighted by Gasteiger charge is 2.33. The van der Waals surface area contributed by atoms with E-state index in [1.807, 2.05) is 45.0 Å². The summed E-state index contributed by atoms with van der Waals surface area (Å²) in [6, 6.07) is 7.39. The molecule has 5 heteroatoms. The van der Waals surface area contributed by atoms with Crippen molar-refractivity contribution in [1.82, 2.24) is 5.43 Å². The Balaban J connectivity index is 2.61. The highest BCUT2D eigenvalue weighted by molar-refractivity contribution is 5.87. The van der Waals surface area contributed by atoms with E-state index in [-0.39, 0.29) is 0 Å². The third kappa shape index (κ3) is 5.48. The van der Waals surface area contributed by atoms with Gasteiger partial charge in [0.15, 0.2) is 0 Å². The van der Waals surface area contributed by atoms with Crippen LogP contribution in [0.25, 0.3) is 0 Å². The predicted molar refractivity (Wildman–Crippen MR) is 88.1 cm³/mol. The van der Waals surface area contributed by atoms with Crippen LogP contribution in [0, 0.1) is 0 Å². The number of hydrazone groups is 1. The van der Waals surface area contributed by atoms with Gasteiger partial charge in [0.1, 0.15) is 11.4 Å². The summed E-state index contributed by atoms with van der Waals surface area (Å²) in [5.74, 6) is 0.349. The van der Waals surface area contributed by atoms with Crippen molar-refractivity contribution >= 4 is 12.1 Å². The molecule has 0 heterocycles. The lowest BCUT2D eigenvalue weighted by Crippen LogP contribution is -2.45. The van der Waals surface area contributed by atoms with Gasteiger partial charge in [-0.3, -0.25) is 4.79 Å². The zero-order valence-electron chi connectivity index (χ0n) is 13.6. The monoisotopic (exact) mass is 306 g/mol. The van der Waals surface area contributed by atoms with Crippen LogP contribution in [0.15, 0.2) is 29.4 Å². The summed E-state index contributed by atoms with van der Waals surface area (Å²) in [7, 11) is 0. The Hall–Kier alpha value is -1.88. The molecule has 0 aromatic heterocycles. The molecule has 1 aromatic rings. The van der Waals surface area contributed by atoms with Crippen LogP contribution in [-0.4, -0.2) is 29.4 Å². The average molecular weight is 306 g/mol. The van der Waals surface area contributed by atoms with Crippen molar-refractivity contribution in [2.75, 3.05) is 6.61 Å². The van der Waals surface area contributed by atoms with E-state index < -0.39 is 11.5 Å². The molecule has 0 atom stereocenters. The molecule has 5 nitrogen and oxygen atoms in total.